The largest absolute Gasteiger partial charge is 0.426 e. The van der Waals surface area contributed by atoms with Crippen LogP contribution in [0.5, 0.6) is 0 Å². The van der Waals surface area contributed by atoms with Gasteiger partial charge in [-0.3, -0.25) is 0 Å². The van der Waals surface area contributed by atoms with Gasteiger partial charge in [0.25, 0.3) is 0 Å². The molecular formula is C10H12O5. The summed E-state index contributed by atoms with van der Waals surface area (Å²) in [6.45, 7) is 1.80. The first-order chi connectivity index (χ1) is 7.10. The Kier molecular flexibility index (Phi) is 1.75. The van der Waals surface area contributed by atoms with Crippen LogP contribution >= 0.6 is 0 Å². The van der Waals surface area contributed by atoms with E-state index < -0.39 is 24.0 Å². The van der Waals surface area contributed by atoms with Crippen LogP contribution in [0.3, 0.4) is 0 Å². The molecule has 0 aromatic carbocycles. The van der Waals surface area contributed by atoms with Crippen LogP contribution in [-0.4, -0.2) is 41.3 Å². The lowest BCUT2D eigenvalue weighted by molar-refractivity contribution is -0.201. The number of aliphatic hydroxyl groups excluding tert-OH is 1. The van der Waals surface area contributed by atoms with Crippen molar-refractivity contribution >= 4 is 5.97 Å². The molecule has 0 aromatic rings. The Morgan fingerprint density at radius 1 is 1.60 bits per heavy atom. The van der Waals surface area contributed by atoms with Gasteiger partial charge in [0.05, 0.1) is 12.2 Å². The second-order valence-electron chi connectivity index (χ2n) is 4.22. The molecule has 5 nitrogen and oxygen atoms in total. The van der Waals surface area contributed by atoms with Crippen LogP contribution in [0.1, 0.15) is 13.3 Å². The fourth-order valence-electron chi connectivity index (χ4n) is 2.40. The highest BCUT2D eigenvalue weighted by Crippen LogP contribution is 2.43. The molecule has 0 amide bonds. The summed E-state index contributed by atoms with van der Waals surface area (Å²) in [6, 6.07) is 0. The molecule has 3 aliphatic heterocycles. The average molecular weight is 212 g/mol. The molecule has 0 saturated carbocycles. The van der Waals surface area contributed by atoms with Gasteiger partial charge < -0.3 is 19.3 Å². The smallest absolute Gasteiger partial charge is 0.333 e. The third kappa shape index (κ3) is 1.24. The van der Waals surface area contributed by atoms with Crippen molar-refractivity contribution in [3.05, 3.63) is 12.2 Å². The third-order valence-corrected chi connectivity index (χ3v) is 3.14. The van der Waals surface area contributed by atoms with E-state index in [9.17, 15) is 9.90 Å². The van der Waals surface area contributed by atoms with Crippen molar-refractivity contribution in [1.82, 2.24) is 0 Å². The lowest BCUT2D eigenvalue weighted by atomic mass is 10.1. The highest BCUT2D eigenvalue weighted by Gasteiger charge is 2.57. The minimum Gasteiger partial charge on any atom is -0.426 e. The zero-order chi connectivity index (χ0) is 10.6. The minimum atomic E-state index is -0.993. The summed E-state index contributed by atoms with van der Waals surface area (Å²) < 4.78 is 16.2. The number of aliphatic hydroxyl groups is 1. The van der Waals surface area contributed by atoms with Gasteiger partial charge >= 0.3 is 5.97 Å². The molecule has 5 heteroatoms. The molecule has 0 radical (unpaired) electrons. The molecule has 0 unspecified atom stereocenters. The van der Waals surface area contributed by atoms with Gasteiger partial charge in [0.1, 0.15) is 12.2 Å². The summed E-state index contributed by atoms with van der Waals surface area (Å²) >= 11 is 0. The Balaban J connectivity index is 1.81. The molecule has 15 heavy (non-hydrogen) atoms. The molecule has 0 aliphatic carbocycles. The first-order valence-electron chi connectivity index (χ1n) is 5.03. The number of carbonyl (C=O) groups excluding carboxylic acids is 1. The van der Waals surface area contributed by atoms with Crippen LogP contribution in [0.2, 0.25) is 0 Å². The number of hydrogen-bond donors (Lipinski definition) is 1. The highest BCUT2D eigenvalue weighted by atomic mass is 16.7. The van der Waals surface area contributed by atoms with E-state index in [4.69, 9.17) is 14.2 Å². The Morgan fingerprint density at radius 2 is 2.40 bits per heavy atom. The first kappa shape index (κ1) is 9.33. The van der Waals surface area contributed by atoms with Crippen molar-refractivity contribution in [2.24, 2.45) is 0 Å². The van der Waals surface area contributed by atoms with Gasteiger partial charge in [-0.25, -0.2) is 4.79 Å². The fraction of sp³-hybridized carbons (Fsp3) is 0.700. The van der Waals surface area contributed by atoms with E-state index in [0.29, 0.717) is 6.42 Å². The van der Waals surface area contributed by atoms with Crippen LogP contribution in [0, 0.1) is 0 Å². The van der Waals surface area contributed by atoms with Crippen LogP contribution < -0.4 is 0 Å². The van der Waals surface area contributed by atoms with Crippen molar-refractivity contribution in [2.75, 3.05) is 0 Å². The summed E-state index contributed by atoms with van der Waals surface area (Å²) in [7, 11) is 0. The summed E-state index contributed by atoms with van der Waals surface area (Å²) in [4.78, 5) is 11.0. The predicted molar refractivity (Wildman–Crippen MR) is 47.8 cm³/mol. The van der Waals surface area contributed by atoms with Crippen molar-refractivity contribution < 1.29 is 24.1 Å². The fourth-order valence-corrected chi connectivity index (χ4v) is 2.40. The van der Waals surface area contributed by atoms with Crippen molar-refractivity contribution in [3.63, 3.8) is 0 Å². The van der Waals surface area contributed by atoms with Gasteiger partial charge in [0, 0.05) is 12.5 Å². The molecule has 0 aromatic heterocycles. The average Bonchev–Trinajstić information content (AvgIpc) is 2.76. The van der Waals surface area contributed by atoms with E-state index in [1.54, 1.807) is 13.0 Å². The predicted octanol–water partition coefficient (Wildman–Crippen LogP) is -0.267. The molecule has 3 heterocycles. The number of ether oxygens (including phenoxy) is 3. The van der Waals surface area contributed by atoms with E-state index in [1.165, 1.54) is 6.08 Å². The van der Waals surface area contributed by atoms with Gasteiger partial charge in [0.2, 0.25) is 5.79 Å². The van der Waals surface area contributed by atoms with E-state index in [2.05, 4.69) is 0 Å². The van der Waals surface area contributed by atoms with Crippen molar-refractivity contribution in [2.45, 2.75) is 43.5 Å². The maximum absolute atomic E-state index is 11.0. The Morgan fingerprint density at radius 3 is 3.00 bits per heavy atom. The molecule has 2 saturated heterocycles. The van der Waals surface area contributed by atoms with Crippen LogP contribution in [-0.2, 0) is 19.0 Å². The van der Waals surface area contributed by atoms with E-state index in [1.807, 2.05) is 0 Å². The quantitative estimate of drug-likeness (QED) is 0.560. The zero-order valence-electron chi connectivity index (χ0n) is 8.25. The van der Waals surface area contributed by atoms with Crippen LogP contribution in [0.25, 0.3) is 0 Å². The number of carbonyl (C=O) groups is 1. The number of rotatable bonds is 0. The van der Waals surface area contributed by atoms with E-state index in [-0.39, 0.29) is 12.2 Å². The lowest BCUT2D eigenvalue weighted by Gasteiger charge is -2.23. The van der Waals surface area contributed by atoms with E-state index in [0.717, 1.165) is 0 Å². The molecule has 2 fully saturated rings. The van der Waals surface area contributed by atoms with Gasteiger partial charge in [0.15, 0.2) is 0 Å². The molecular weight excluding hydrogens is 200 g/mol. The molecule has 0 bridgehead atoms. The molecule has 1 N–H and O–H groups in total. The molecule has 3 rings (SSSR count). The summed E-state index contributed by atoms with van der Waals surface area (Å²) in [5.74, 6) is -1.40. The third-order valence-electron chi connectivity index (χ3n) is 3.14. The molecule has 3 aliphatic rings. The second-order valence-corrected chi connectivity index (χ2v) is 4.22. The van der Waals surface area contributed by atoms with E-state index >= 15 is 0 Å². The second kappa shape index (κ2) is 2.81. The summed E-state index contributed by atoms with van der Waals surface area (Å²) in [6.07, 6.45) is 1.94. The maximum Gasteiger partial charge on any atom is 0.333 e. The highest BCUT2D eigenvalue weighted by molar-refractivity contribution is 5.85. The van der Waals surface area contributed by atoms with Crippen LogP contribution in [0.15, 0.2) is 12.2 Å². The van der Waals surface area contributed by atoms with Gasteiger partial charge in [-0.15, -0.1) is 0 Å². The normalized spacial score (nSPS) is 52.5. The Bertz CT molecular complexity index is 339. The summed E-state index contributed by atoms with van der Waals surface area (Å²) in [5, 5.41) is 9.76. The van der Waals surface area contributed by atoms with Gasteiger partial charge in [-0.1, -0.05) is 0 Å². The Hall–Kier alpha value is -0.910. The standard InChI is InChI=1S/C10H12O5/c1-5-8(12)9-6(13-5)4-10(15-9)3-2-7(11)14-10/h2-3,5-6,8-9,12H,4H2,1H3/t5-,6-,8+,9+,10+/m0/s1. The molecule has 82 valence electrons. The molecule has 1 spiro atoms. The van der Waals surface area contributed by atoms with Crippen molar-refractivity contribution in [3.8, 4) is 0 Å². The Labute approximate surface area is 86.6 Å². The maximum atomic E-state index is 11.0. The lowest BCUT2D eigenvalue weighted by Crippen LogP contribution is -2.35. The molecule has 5 atom stereocenters. The first-order valence-corrected chi connectivity index (χ1v) is 5.03. The minimum absolute atomic E-state index is 0.189. The summed E-state index contributed by atoms with van der Waals surface area (Å²) in [5.41, 5.74) is 0. The van der Waals surface area contributed by atoms with Crippen LogP contribution in [0.4, 0.5) is 0 Å². The van der Waals surface area contributed by atoms with Gasteiger partial charge in [-0.05, 0) is 13.0 Å². The topological polar surface area (TPSA) is 65.0 Å². The number of hydrogen-bond acceptors (Lipinski definition) is 5. The van der Waals surface area contributed by atoms with Crippen molar-refractivity contribution in [1.29, 1.82) is 0 Å². The zero-order valence-corrected chi connectivity index (χ0v) is 8.25. The SMILES string of the molecule is C[C@@H]1O[C@H]2C[C@@]3(C=CC(=O)O3)O[C@H]2[C@@H]1O. The number of esters is 1. The monoisotopic (exact) mass is 212 g/mol. The van der Waals surface area contributed by atoms with Gasteiger partial charge in [-0.2, -0.15) is 0 Å². The number of fused-ring (bicyclic) bond motifs is 1.